The van der Waals surface area contributed by atoms with Gasteiger partial charge in [-0.15, -0.1) is 0 Å². The molecule has 0 bridgehead atoms. The first-order valence-electron chi connectivity index (χ1n) is 8.32. The molecule has 0 radical (unpaired) electrons. The number of benzene rings is 2. The summed E-state index contributed by atoms with van der Waals surface area (Å²) in [4.78, 5) is 24.0. The van der Waals surface area contributed by atoms with E-state index in [1.54, 1.807) is 14.2 Å². The molecule has 26 heavy (non-hydrogen) atoms. The molecule has 0 spiro atoms. The molecule has 0 aromatic heterocycles. The molecule has 0 heterocycles. The Bertz CT molecular complexity index is 802. The fourth-order valence-electron chi connectivity index (χ4n) is 2.49. The van der Waals surface area contributed by atoms with E-state index in [9.17, 15) is 9.59 Å². The van der Waals surface area contributed by atoms with E-state index >= 15 is 0 Å². The molecule has 2 rings (SSSR count). The van der Waals surface area contributed by atoms with Gasteiger partial charge in [0.1, 0.15) is 0 Å². The molecule has 0 saturated carbocycles. The van der Waals surface area contributed by atoms with E-state index in [2.05, 4.69) is 10.6 Å². The van der Waals surface area contributed by atoms with E-state index in [-0.39, 0.29) is 0 Å². The van der Waals surface area contributed by atoms with Crippen molar-refractivity contribution in [1.29, 1.82) is 0 Å². The first-order chi connectivity index (χ1) is 12.4. The van der Waals surface area contributed by atoms with E-state index in [1.807, 2.05) is 50.2 Å². The number of amides is 2. The van der Waals surface area contributed by atoms with Gasteiger partial charge in [0.05, 0.1) is 14.2 Å². The third-order valence-electron chi connectivity index (χ3n) is 3.99. The van der Waals surface area contributed by atoms with Crippen molar-refractivity contribution >= 4 is 17.5 Å². The monoisotopic (exact) mass is 356 g/mol. The number of carbonyl (C=O) groups excluding carboxylic acids is 2. The zero-order valence-electron chi connectivity index (χ0n) is 15.5. The molecular weight excluding hydrogens is 332 g/mol. The summed E-state index contributed by atoms with van der Waals surface area (Å²) in [5.74, 6) is -0.0606. The number of hydrogen-bond donors (Lipinski definition) is 2. The smallest absolute Gasteiger partial charge is 0.313 e. The molecule has 0 aliphatic heterocycles. The maximum absolute atomic E-state index is 12.0. The lowest BCUT2D eigenvalue weighted by atomic mass is 10.1. The number of ether oxygens (including phenoxy) is 2. The topological polar surface area (TPSA) is 76.7 Å². The predicted octanol–water partition coefficient (Wildman–Crippen LogP) is 2.62. The van der Waals surface area contributed by atoms with Gasteiger partial charge >= 0.3 is 11.8 Å². The Balaban J connectivity index is 1.88. The SMILES string of the molecule is COc1ccc(CCNC(=O)C(=O)Nc2cc(C)ccc2C)cc1OC. The Labute approximate surface area is 153 Å². The zero-order chi connectivity index (χ0) is 19.1. The fourth-order valence-corrected chi connectivity index (χ4v) is 2.49. The summed E-state index contributed by atoms with van der Waals surface area (Å²) in [5, 5.41) is 5.27. The van der Waals surface area contributed by atoms with Gasteiger partial charge in [-0.2, -0.15) is 0 Å². The maximum Gasteiger partial charge on any atom is 0.313 e. The minimum Gasteiger partial charge on any atom is -0.493 e. The van der Waals surface area contributed by atoms with Crippen LogP contribution in [0.5, 0.6) is 11.5 Å². The van der Waals surface area contributed by atoms with Crippen LogP contribution < -0.4 is 20.1 Å². The van der Waals surface area contributed by atoms with Gasteiger partial charge in [-0.05, 0) is 55.2 Å². The van der Waals surface area contributed by atoms with Crippen LogP contribution in [-0.4, -0.2) is 32.6 Å². The molecule has 2 amide bonds. The summed E-state index contributed by atoms with van der Waals surface area (Å²) >= 11 is 0. The molecule has 0 atom stereocenters. The predicted molar refractivity (Wildman–Crippen MR) is 101 cm³/mol. The second-order valence-corrected chi connectivity index (χ2v) is 5.97. The van der Waals surface area contributed by atoms with Crippen molar-refractivity contribution in [1.82, 2.24) is 5.32 Å². The Morgan fingerprint density at radius 1 is 0.923 bits per heavy atom. The maximum atomic E-state index is 12.0. The van der Waals surface area contributed by atoms with Crippen molar-refractivity contribution in [3.8, 4) is 11.5 Å². The van der Waals surface area contributed by atoms with E-state index in [4.69, 9.17) is 9.47 Å². The van der Waals surface area contributed by atoms with Gasteiger partial charge in [-0.25, -0.2) is 0 Å². The molecule has 2 aromatic carbocycles. The molecule has 138 valence electrons. The van der Waals surface area contributed by atoms with E-state index in [0.717, 1.165) is 16.7 Å². The highest BCUT2D eigenvalue weighted by Gasteiger charge is 2.14. The standard InChI is InChI=1S/C20H24N2O4/c1-13-5-6-14(2)16(11-13)22-20(24)19(23)21-10-9-15-7-8-17(25-3)18(12-15)26-4/h5-8,11-12H,9-10H2,1-4H3,(H,21,23)(H,22,24). The second kappa shape index (κ2) is 8.89. The van der Waals surface area contributed by atoms with Crippen LogP contribution in [0.2, 0.25) is 0 Å². The van der Waals surface area contributed by atoms with Crippen molar-refractivity contribution in [2.75, 3.05) is 26.1 Å². The summed E-state index contributed by atoms with van der Waals surface area (Å²) in [6, 6.07) is 11.2. The van der Waals surface area contributed by atoms with Gasteiger partial charge in [0.15, 0.2) is 11.5 Å². The van der Waals surface area contributed by atoms with Crippen LogP contribution in [0.4, 0.5) is 5.69 Å². The lowest BCUT2D eigenvalue weighted by molar-refractivity contribution is -0.136. The average molecular weight is 356 g/mol. The van der Waals surface area contributed by atoms with Gasteiger partial charge < -0.3 is 20.1 Å². The number of rotatable bonds is 6. The summed E-state index contributed by atoms with van der Waals surface area (Å²) in [6.45, 7) is 4.15. The molecule has 0 saturated heterocycles. The largest absolute Gasteiger partial charge is 0.493 e. The molecule has 0 unspecified atom stereocenters. The average Bonchev–Trinajstić information content (AvgIpc) is 2.64. The molecule has 0 fully saturated rings. The van der Waals surface area contributed by atoms with Gasteiger partial charge in [-0.1, -0.05) is 18.2 Å². The molecule has 6 heteroatoms. The van der Waals surface area contributed by atoms with Crippen molar-refractivity contribution < 1.29 is 19.1 Å². The zero-order valence-corrected chi connectivity index (χ0v) is 15.5. The van der Waals surface area contributed by atoms with E-state index in [0.29, 0.717) is 30.2 Å². The number of anilines is 1. The molecule has 6 nitrogen and oxygen atoms in total. The number of methoxy groups -OCH3 is 2. The third-order valence-corrected chi connectivity index (χ3v) is 3.99. The molecule has 0 aliphatic carbocycles. The van der Waals surface area contributed by atoms with Crippen molar-refractivity contribution in [2.24, 2.45) is 0 Å². The van der Waals surface area contributed by atoms with Crippen LogP contribution in [0.3, 0.4) is 0 Å². The lowest BCUT2D eigenvalue weighted by Crippen LogP contribution is -2.36. The number of nitrogens with one attached hydrogen (secondary N) is 2. The Morgan fingerprint density at radius 2 is 1.65 bits per heavy atom. The van der Waals surface area contributed by atoms with Crippen LogP contribution in [0, 0.1) is 13.8 Å². The summed E-state index contributed by atoms with van der Waals surface area (Å²) in [5.41, 5.74) is 3.53. The second-order valence-electron chi connectivity index (χ2n) is 5.97. The highest BCUT2D eigenvalue weighted by atomic mass is 16.5. The van der Waals surface area contributed by atoms with Crippen molar-refractivity contribution in [3.05, 3.63) is 53.1 Å². The third kappa shape index (κ3) is 4.99. The van der Waals surface area contributed by atoms with Gasteiger partial charge in [0.25, 0.3) is 0 Å². The highest BCUT2D eigenvalue weighted by molar-refractivity contribution is 6.39. The summed E-state index contributed by atoms with van der Waals surface area (Å²) < 4.78 is 10.4. The van der Waals surface area contributed by atoms with Crippen LogP contribution >= 0.6 is 0 Å². The van der Waals surface area contributed by atoms with Crippen LogP contribution in [0.25, 0.3) is 0 Å². The molecular formula is C20H24N2O4. The normalized spacial score (nSPS) is 10.2. The van der Waals surface area contributed by atoms with E-state index in [1.165, 1.54) is 0 Å². The van der Waals surface area contributed by atoms with E-state index < -0.39 is 11.8 Å². The number of aryl methyl sites for hydroxylation is 2. The Hall–Kier alpha value is -3.02. The van der Waals surface area contributed by atoms with Gasteiger partial charge in [0, 0.05) is 12.2 Å². The quantitative estimate of drug-likeness (QED) is 0.780. The Morgan fingerprint density at radius 3 is 2.35 bits per heavy atom. The van der Waals surface area contributed by atoms with Gasteiger partial charge in [0.2, 0.25) is 0 Å². The van der Waals surface area contributed by atoms with Crippen molar-refractivity contribution in [3.63, 3.8) is 0 Å². The number of hydrogen-bond acceptors (Lipinski definition) is 4. The fraction of sp³-hybridized carbons (Fsp3) is 0.300. The van der Waals surface area contributed by atoms with Crippen LogP contribution in [-0.2, 0) is 16.0 Å². The minimum absolute atomic E-state index is 0.342. The molecule has 2 aromatic rings. The molecule has 0 aliphatic rings. The minimum atomic E-state index is -0.675. The lowest BCUT2D eigenvalue weighted by Gasteiger charge is -2.11. The summed E-state index contributed by atoms with van der Waals surface area (Å²) in [6.07, 6.45) is 0.572. The Kier molecular flexibility index (Phi) is 6.60. The van der Waals surface area contributed by atoms with Crippen LogP contribution in [0.15, 0.2) is 36.4 Å². The van der Waals surface area contributed by atoms with Gasteiger partial charge in [-0.3, -0.25) is 9.59 Å². The van der Waals surface area contributed by atoms with Crippen molar-refractivity contribution in [2.45, 2.75) is 20.3 Å². The summed E-state index contributed by atoms with van der Waals surface area (Å²) in [7, 11) is 3.15. The first kappa shape index (κ1) is 19.3. The molecule has 2 N–H and O–H groups in total. The first-order valence-corrected chi connectivity index (χ1v) is 8.32. The van der Waals surface area contributed by atoms with Crippen LogP contribution in [0.1, 0.15) is 16.7 Å². The number of carbonyl (C=O) groups is 2. The highest BCUT2D eigenvalue weighted by Crippen LogP contribution is 2.27.